The van der Waals surface area contributed by atoms with Crippen LogP contribution in [0.15, 0.2) is 10.9 Å². The van der Waals surface area contributed by atoms with Gasteiger partial charge in [-0.2, -0.15) is 0 Å². The number of hydrogen-bond donors (Lipinski definition) is 0. The molecule has 1 atom stereocenters. The average molecular weight is 265 g/mol. The second kappa shape index (κ2) is 6.55. The summed E-state index contributed by atoms with van der Waals surface area (Å²) in [6.07, 6.45) is 0.995. The Morgan fingerprint density at radius 1 is 1.37 bits per heavy atom. The minimum Gasteiger partial charge on any atom is -0.462 e. The monoisotopic (exact) mass is 265 g/mol. The molecule has 0 spiro atoms. The fourth-order valence-corrected chi connectivity index (χ4v) is 2.10. The van der Waals surface area contributed by atoms with Gasteiger partial charge >= 0.3 is 5.97 Å². The van der Waals surface area contributed by atoms with Crippen LogP contribution in [0.3, 0.4) is 0 Å². The van der Waals surface area contributed by atoms with Crippen molar-refractivity contribution in [3.63, 3.8) is 0 Å². The standard InChI is InChI=1S/C15H23NO3/c1-6-10(3)9-16-12(5)14(15(18)19-7-2)11(4)8-13(16)17/h8,10H,6-7,9H2,1-5H3. The summed E-state index contributed by atoms with van der Waals surface area (Å²) in [5.74, 6) is 0.0459. The topological polar surface area (TPSA) is 48.3 Å². The first kappa shape index (κ1) is 15.5. The molecule has 1 rings (SSSR count). The molecule has 1 heterocycles. The quantitative estimate of drug-likeness (QED) is 0.769. The summed E-state index contributed by atoms with van der Waals surface area (Å²) >= 11 is 0. The van der Waals surface area contributed by atoms with Gasteiger partial charge < -0.3 is 9.30 Å². The van der Waals surface area contributed by atoms with Crippen LogP contribution in [0.1, 0.15) is 48.8 Å². The molecule has 0 bridgehead atoms. The molecule has 0 aromatic carbocycles. The summed E-state index contributed by atoms with van der Waals surface area (Å²) < 4.78 is 6.74. The number of aryl methyl sites for hydroxylation is 1. The van der Waals surface area contributed by atoms with Gasteiger partial charge in [-0.3, -0.25) is 4.79 Å². The van der Waals surface area contributed by atoms with Gasteiger partial charge in [0.2, 0.25) is 0 Å². The first-order valence-corrected chi connectivity index (χ1v) is 6.80. The number of hydrogen-bond acceptors (Lipinski definition) is 3. The van der Waals surface area contributed by atoms with E-state index >= 15 is 0 Å². The van der Waals surface area contributed by atoms with Crippen molar-refractivity contribution in [2.75, 3.05) is 6.61 Å². The molecule has 1 aromatic heterocycles. The summed E-state index contributed by atoms with van der Waals surface area (Å²) in [6.45, 7) is 10.5. The largest absolute Gasteiger partial charge is 0.462 e. The average Bonchev–Trinajstić information content (AvgIpc) is 2.34. The smallest absolute Gasteiger partial charge is 0.340 e. The van der Waals surface area contributed by atoms with Crippen LogP contribution >= 0.6 is 0 Å². The molecule has 0 saturated carbocycles. The maximum Gasteiger partial charge on any atom is 0.340 e. The lowest BCUT2D eigenvalue weighted by molar-refractivity contribution is 0.0523. The van der Waals surface area contributed by atoms with E-state index < -0.39 is 0 Å². The molecule has 4 nitrogen and oxygen atoms in total. The van der Waals surface area contributed by atoms with E-state index in [2.05, 4.69) is 13.8 Å². The Morgan fingerprint density at radius 3 is 2.53 bits per heavy atom. The lowest BCUT2D eigenvalue weighted by Gasteiger charge is -2.18. The van der Waals surface area contributed by atoms with Gasteiger partial charge in [0.25, 0.3) is 5.56 Å². The van der Waals surface area contributed by atoms with Crippen LogP contribution in [-0.2, 0) is 11.3 Å². The lowest BCUT2D eigenvalue weighted by Crippen LogP contribution is -2.28. The molecule has 0 aliphatic rings. The molecule has 0 radical (unpaired) electrons. The molecule has 0 aliphatic carbocycles. The number of ether oxygens (including phenoxy) is 1. The van der Waals surface area contributed by atoms with E-state index in [1.165, 1.54) is 6.07 Å². The van der Waals surface area contributed by atoms with Gasteiger partial charge in [0.1, 0.15) is 0 Å². The van der Waals surface area contributed by atoms with Crippen molar-refractivity contribution in [1.29, 1.82) is 0 Å². The predicted molar refractivity (Wildman–Crippen MR) is 75.6 cm³/mol. The normalized spacial score (nSPS) is 12.3. The third-order valence-electron chi connectivity index (χ3n) is 3.44. The van der Waals surface area contributed by atoms with Gasteiger partial charge in [0.05, 0.1) is 12.2 Å². The highest BCUT2D eigenvalue weighted by Crippen LogP contribution is 2.15. The number of aromatic nitrogens is 1. The highest BCUT2D eigenvalue weighted by Gasteiger charge is 2.18. The predicted octanol–water partition coefficient (Wildman–Crippen LogP) is 2.69. The molecular formula is C15H23NO3. The Bertz CT molecular complexity index is 517. The molecule has 4 heteroatoms. The van der Waals surface area contributed by atoms with E-state index in [1.54, 1.807) is 18.4 Å². The molecule has 0 N–H and O–H groups in total. The third kappa shape index (κ3) is 3.46. The van der Waals surface area contributed by atoms with Gasteiger partial charge in [-0.15, -0.1) is 0 Å². The maximum absolute atomic E-state index is 12.1. The highest BCUT2D eigenvalue weighted by molar-refractivity contribution is 5.92. The summed E-state index contributed by atoms with van der Waals surface area (Å²) in [5.41, 5.74) is 1.85. The molecule has 0 amide bonds. The van der Waals surface area contributed by atoms with Gasteiger partial charge in [-0.05, 0) is 32.3 Å². The number of nitrogens with zero attached hydrogens (tertiary/aromatic N) is 1. The zero-order valence-electron chi connectivity index (χ0n) is 12.4. The van der Waals surface area contributed by atoms with Gasteiger partial charge in [0.15, 0.2) is 0 Å². The van der Waals surface area contributed by atoms with Crippen LogP contribution in [0.25, 0.3) is 0 Å². The minimum absolute atomic E-state index is 0.0525. The third-order valence-corrected chi connectivity index (χ3v) is 3.44. The van der Waals surface area contributed by atoms with Crippen molar-refractivity contribution in [3.05, 3.63) is 33.2 Å². The summed E-state index contributed by atoms with van der Waals surface area (Å²) in [4.78, 5) is 24.0. The number of esters is 1. The molecule has 0 fully saturated rings. The van der Waals surface area contributed by atoms with Crippen LogP contribution in [-0.4, -0.2) is 17.1 Å². The Morgan fingerprint density at radius 2 is 2.00 bits per heavy atom. The number of carbonyl (C=O) groups is 1. The van der Waals surface area contributed by atoms with Crippen molar-refractivity contribution < 1.29 is 9.53 Å². The molecule has 1 unspecified atom stereocenters. The van der Waals surface area contributed by atoms with Crippen LogP contribution in [0, 0.1) is 19.8 Å². The Hall–Kier alpha value is -1.58. The van der Waals surface area contributed by atoms with E-state index in [1.807, 2.05) is 6.92 Å². The van der Waals surface area contributed by atoms with Crippen molar-refractivity contribution in [1.82, 2.24) is 4.57 Å². The first-order chi connectivity index (χ1) is 8.92. The molecule has 1 aromatic rings. The molecule has 0 saturated heterocycles. The molecular weight excluding hydrogens is 242 g/mol. The maximum atomic E-state index is 12.1. The highest BCUT2D eigenvalue weighted by atomic mass is 16.5. The summed E-state index contributed by atoms with van der Waals surface area (Å²) in [6, 6.07) is 1.52. The van der Waals surface area contributed by atoms with Crippen molar-refractivity contribution in [3.8, 4) is 0 Å². The number of pyridine rings is 1. The van der Waals surface area contributed by atoms with E-state index in [4.69, 9.17) is 4.74 Å². The van der Waals surface area contributed by atoms with Crippen molar-refractivity contribution in [2.45, 2.75) is 47.6 Å². The fourth-order valence-electron chi connectivity index (χ4n) is 2.10. The van der Waals surface area contributed by atoms with E-state index in [-0.39, 0.29) is 11.5 Å². The van der Waals surface area contributed by atoms with Crippen LogP contribution < -0.4 is 5.56 Å². The zero-order chi connectivity index (χ0) is 14.6. The first-order valence-electron chi connectivity index (χ1n) is 6.80. The second-order valence-electron chi connectivity index (χ2n) is 4.97. The van der Waals surface area contributed by atoms with E-state index in [0.29, 0.717) is 35.9 Å². The Labute approximate surface area is 114 Å². The van der Waals surface area contributed by atoms with E-state index in [9.17, 15) is 9.59 Å². The second-order valence-corrected chi connectivity index (χ2v) is 4.97. The van der Waals surface area contributed by atoms with Gasteiger partial charge in [-0.1, -0.05) is 20.3 Å². The zero-order valence-corrected chi connectivity index (χ0v) is 12.4. The molecule has 19 heavy (non-hydrogen) atoms. The minimum atomic E-state index is -0.351. The van der Waals surface area contributed by atoms with Gasteiger partial charge in [0, 0.05) is 18.3 Å². The molecule has 0 aliphatic heterocycles. The fraction of sp³-hybridized carbons (Fsp3) is 0.600. The number of carbonyl (C=O) groups excluding carboxylic acids is 1. The van der Waals surface area contributed by atoms with Gasteiger partial charge in [-0.25, -0.2) is 4.79 Å². The van der Waals surface area contributed by atoms with Crippen molar-refractivity contribution >= 4 is 5.97 Å². The summed E-state index contributed by atoms with van der Waals surface area (Å²) in [7, 11) is 0. The van der Waals surface area contributed by atoms with Crippen LogP contribution in [0.4, 0.5) is 0 Å². The summed E-state index contributed by atoms with van der Waals surface area (Å²) in [5, 5.41) is 0. The Balaban J connectivity index is 3.30. The van der Waals surface area contributed by atoms with Crippen LogP contribution in [0.2, 0.25) is 0 Å². The lowest BCUT2D eigenvalue weighted by atomic mass is 10.1. The van der Waals surface area contributed by atoms with E-state index in [0.717, 1.165) is 6.42 Å². The SMILES string of the molecule is CCOC(=O)c1c(C)cc(=O)n(CC(C)CC)c1C. The Kier molecular flexibility index (Phi) is 5.33. The number of rotatable bonds is 5. The molecule has 106 valence electrons. The van der Waals surface area contributed by atoms with Crippen molar-refractivity contribution in [2.24, 2.45) is 5.92 Å². The van der Waals surface area contributed by atoms with Crippen LogP contribution in [0.5, 0.6) is 0 Å².